The predicted molar refractivity (Wildman–Crippen MR) is 101 cm³/mol. The molecule has 0 atom stereocenters. The number of hydrogen-bond acceptors (Lipinski definition) is 2. The Balaban J connectivity index is 1.62. The molecule has 1 saturated heterocycles. The zero-order valence-electron chi connectivity index (χ0n) is 13.7. The highest BCUT2D eigenvalue weighted by Crippen LogP contribution is 2.18. The standard InChI is InChI=1S/C19H19BrClFN2O/c20-16-10-15(11-18(22)12-16)19(25)24-7-1-6-23(8-9-24)13-14-2-4-17(21)5-3-14/h2-5,10-12H,1,6-9,13H2. The summed E-state index contributed by atoms with van der Waals surface area (Å²) in [6, 6.07) is 12.2. The van der Waals surface area contributed by atoms with Gasteiger partial charge in [0.05, 0.1) is 0 Å². The maximum absolute atomic E-state index is 13.6. The van der Waals surface area contributed by atoms with Crippen LogP contribution in [0.15, 0.2) is 46.9 Å². The third-order valence-electron chi connectivity index (χ3n) is 4.30. The van der Waals surface area contributed by atoms with Gasteiger partial charge in [0.1, 0.15) is 5.82 Å². The molecule has 1 aliphatic heterocycles. The Labute approximate surface area is 160 Å². The lowest BCUT2D eigenvalue weighted by molar-refractivity contribution is 0.0760. The fourth-order valence-corrected chi connectivity index (χ4v) is 3.63. The van der Waals surface area contributed by atoms with Crippen LogP contribution in [0.4, 0.5) is 4.39 Å². The molecule has 25 heavy (non-hydrogen) atoms. The van der Waals surface area contributed by atoms with Crippen LogP contribution in [-0.4, -0.2) is 41.9 Å². The molecule has 132 valence electrons. The first-order valence-electron chi connectivity index (χ1n) is 8.23. The van der Waals surface area contributed by atoms with E-state index in [-0.39, 0.29) is 5.91 Å². The van der Waals surface area contributed by atoms with E-state index in [1.54, 1.807) is 6.07 Å². The van der Waals surface area contributed by atoms with Gasteiger partial charge < -0.3 is 4.90 Å². The Morgan fingerprint density at radius 1 is 1.08 bits per heavy atom. The highest BCUT2D eigenvalue weighted by Gasteiger charge is 2.21. The van der Waals surface area contributed by atoms with Gasteiger partial charge in [-0.25, -0.2) is 4.39 Å². The molecule has 0 spiro atoms. The van der Waals surface area contributed by atoms with Crippen LogP contribution in [0.2, 0.25) is 5.02 Å². The van der Waals surface area contributed by atoms with E-state index in [1.807, 2.05) is 29.2 Å². The molecule has 1 amide bonds. The number of benzene rings is 2. The highest BCUT2D eigenvalue weighted by atomic mass is 79.9. The molecule has 0 radical (unpaired) electrons. The molecule has 3 rings (SSSR count). The van der Waals surface area contributed by atoms with Gasteiger partial charge in [0.15, 0.2) is 0 Å². The summed E-state index contributed by atoms with van der Waals surface area (Å²) < 4.78 is 14.1. The van der Waals surface area contributed by atoms with E-state index < -0.39 is 5.82 Å². The molecule has 0 saturated carbocycles. The number of amides is 1. The van der Waals surface area contributed by atoms with E-state index >= 15 is 0 Å². The molecule has 1 heterocycles. The van der Waals surface area contributed by atoms with Crippen molar-refractivity contribution in [2.45, 2.75) is 13.0 Å². The number of carbonyl (C=O) groups excluding carboxylic acids is 1. The van der Waals surface area contributed by atoms with Crippen LogP contribution < -0.4 is 0 Å². The zero-order valence-corrected chi connectivity index (χ0v) is 16.1. The van der Waals surface area contributed by atoms with E-state index in [1.165, 1.54) is 17.7 Å². The van der Waals surface area contributed by atoms with Crippen molar-refractivity contribution >= 4 is 33.4 Å². The smallest absolute Gasteiger partial charge is 0.254 e. The van der Waals surface area contributed by atoms with Crippen LogP contribution in [-0.2, 0) is 6.54 Å². The van der Waals surface area contributed by atoms with Crippen LogP contribution in [0.25, 0.3) is 0 Å². The molecule has 0 bridgehead atoms. The SMILES string of the molecule is O=C(c1cc(F)cc(Br)c1)N1CCCN(Cc2ccc(Cl)cc2)CC1. The summed E-state index contributed by atoms with van der Waals surface area (Å²) in [7, 11) is 0. The lowest BCUT2D eigenvalue weighted by Gasteiger charge is -2.22. The van der Waals surface area contributed by atoms with Gasteiger partial charge in [0, 0.05) is 47.8 Å². The second-order valence-electron chi connectivity index (χ2n) is 6.21. The first kappa shape index (κ1) is 18.4. The number of hydrogen-bond donors (Lipinski definition) is 0. The van der Waals surface area contributed by atoms with Crippen molar-refractivity contribution in [1.29, 1.82) is 0 Å². The van der Waals surface area contributed by atoms with Crippen LogP contribution in [0.3, 0.4) is 0 Å². The molecular formula is C19H19BrClFN2O. The largest absolute Gasteiger partial charge is 0.337 e. The Kier molecular flexibility index (Phi) is 6.10. The molecule has 3 nitrogen and oxygen atoms in total. The van der Waals surface area contributed by atoms with Crippen LogP contribution in [0.1, 0.15) is 22.3 Å². The van der Waals surface area contributed by atoms with E-state index in [4.69, 9.17) is 11.6 Å². The van der Waals surface area contributed by atoms with E-state index in [2.05, 4.69) is 20.8 Å². The third kappa shape index (κ3) is 5.03. The average molecular weight is 426 g/mol. The van der Waals surface area contributed by atoms with Gasteiger partial charge in [0.25, 0.3) is 5.91 Å². The summed E-state index contributed by atoms with van der Waals surface area (Å²) in [5.74, 6) is -0.523. The predicted octanol–water partition coefficient (Wildman–Crippen LogP) is 4.59. The van der Waals surface area contributed by atoms with Crippen LogP contribution in [0, 0.1) is 5.82 Å². The summed E-state index contributed by atoms with van der Waals surface area (Å²) in [6.45, 7) is 3.89. The minimum atomic E-state index is -0.406. The summed E-state index contributed by atoms with van der Waals surface area (Å²) >= 11 is 9.17. The van der Waals surface area contributed by atoms with Gasteiger partial charge in [-0.05, 0) is 42.3 Å². The second kappa shape index (κ2) is 8.30. The van der Waals surface area contributed by atoms with Crippen molar-refractivity contribution in [3.8, 4) is 0 Å². The molecule has 0 unspecified atom stereocenters. The van der Waals surface area contributed by atoms with Gasteiger partial charge in [-0.2, -0.15) is 0 Å². The lowest BCUT2D eigenvalue weighted by Crippen LogP contribution is -2.35. The molecular weight excluding hydrogens is 407 g/mol. The Morgan fingerprint density at radius 3 is 2.56 bits per heavy atom. The summed E-state index contributed by atoms with van der Waals surface area (Å²) in [4.78, 5) is 16.8. The van der Waals surface area contributed by atoms with Gasteiger partial charge >= 0.3 is 0 Å². The van der Waals surface area contributed by atoms with E-state index in [0.717, 1.165) is 31.1 Å². The molecule has 6 heteroatoms. The normalized spacial score (nSPS) is 15.9. The zero-order chi connectivity index (χ0) is 17.8. The number of halogens is 3. The number of rotatable bonds is 3. The molecule has 0 N–H and O–H groups in total. The Bertz CT molecular complexity index is 733. The second-order valence-corrected chi connectivity index (χ2v) is 7.56. The van der Waals surface area contributed by atoms with Gasteiger partial charge in [-0.1, -0.05) is 39.7 Å². The van der Waals surface area contributed by atoms with Crippen LogP contribution in [0.5, 0.6) is 0 Å². The van der Waals surface area contributed by atoms with Gasteiger partial charge in [0.2, 0.25) is 0 Å². The topological polar surface area (TPSA) is 23.6 Å². The quantitative estimate of drug-likeness (QED) is 0.718. The first-order valence-corrected chi connectivity index (χ1v) is 9.40. The lowest BCUT2D eigenvalue weighted by atomic mass is 10.2. The minimum Gasteiger partial charge on any atom is -0.337 e. The van der Waals surface area contributed by atoms with Gasteiger partial charge in [-0.15, -0.1) is 0 Å². The molecule has 0 aliphatic carbocycles. The van der Waals surface area contributed by atoms with Crippen molar-refractivity contribution in [3.05, 3.63) is 68.9 Å². The van der Waals surface area contributed by atoms with Crippen molar-refractivity contribution in [1.82, 2.24) is 9.80 Å². The molecule has 2 aromatic carbocycles. The molecule has 2 aromatic rings. The van der Waals surface area contributed by atoms with Crippen molar-refractivity contribution < 1.29 is 9.18 Å². The molecule has 1 aliphatic rings. The van der Waals surface area contributed by atoms with Crippen molar-refractivity contribution in [3.63, 3.8) is 0 Å². The monoisotopic (exact) mass is 424 g/mol. The maximum atomic E-state index is 13.6. The highest BCUT2D eigenvalue weighted by molar-refractivity contribution is 9.10. The Morgan fingerprint density at radius 2 is 1.84 bits per heavy atom. The van der Waals surface area contributed by atoms with Crippen LogP contribution >= 0.6 is 27.5 Å². The summed E-state index contributed by atoms with van der Waals surface area (Å²) in [5, 5.41) is 0.734. The van der Waals surface area contributed by atoms with E-state index in [9.17, 15) is 9.18 Å². The van der Waals surface area contributed by atoms with E-state index in [0.29, 0.717) is 23.1 Å². The maximum Gasteiger partial charge on any atom is 0.254 e. The minimum absolute atomic E-state index is 0.117. The summed E-state index contributed by atoms with van der Waals surface area (Å²) in [5.41, 5.74) is 1.59. The number of nitrogens with zero attached hydrogens (tertiary/aromatic N) is 2. The van der Waals surface area contributed by atoms with Gasteiger partial charge in [-0.3, -0.25) is 9.69 Å². The Hall–Kier alpha value is -1.43. The molecule has 0 aromatic heterocycles. The average Bonchev–Trinajstić information content (AvgIpc) is 2.81. The van der Waals surface area contributed by atoms with Crippen molar-refractivity contribution in [2.24, 2.45) is 0 Å². The summed E-state index contributed by atoms with van der Waals surface area (Å²) in [6.07, 6.45) is 0.899. The molecule has 1 fully saturated rings. The third-order valence-corrected chi connectivity index (χ3v) is 5.01. The fourth-order valence-electron chi connectivity index (χ4n) is 3.04. The first-order chi connectivity index (χ1) is 12.0. The fraction of sp³-hybridized carbons (Fsp3) is 0.316. The number of carbonyl (C=O) groups is 1. The van der Waals surface area contributed by atoms with Crippen molar-refractivity contribution in [2.75, 3.05) is 26.2 Å².